The summed E-state index contributed by atoms with van der Waals surface area (Å²) in [6.45, 7) is 9.43. The molecule has 16 heavy (non-hydrogen) atoms. The van der Waals surface area contributed by atoms with Crippen molar-refractivity contribution in [3.63, 3.8) is 0 Å². The third-order valence-corrected chi connectivity index (χ3v) is 7.05. The quantitative estimate of drug-likeness (QED) is 0.664. The van der Waals surface area contributed by atoms with Gasteiger partial charge >= 0.3 is 0 Å². The van der Waals surface area contributed by atoms with Gasteiger partial charge in [0.2, 0.25) is 0 Å². The van der Waals surface area contributed by atoms with Gasteiger partial charge in [-0.25, -0.2) is 0 Å². The lowest BCUT2D eigenvalue weighted by Crippen LogP contribution is -2.71. The van der Waals surface area contributed by atoms with Crippen LogP contribution < -0.4 is 0 Å². The Labute approximate surface area is 99.6 Å². The molecule has 0 heterocycles. The highest BCUT2D eigenvalue weighted by Crippen LogP contribution is 2.71. The van der Waals surface area contributed by atoms with Crippen molar-refractivity contribution in [2.75, 3.05) is 0 Å². The molecule has 0 aromatic heterocycles. The van der Waals surface area contributed by atoms with E-state index >= 15 is 0 Å². The largest absolute Gasteiger partial charge is 0.389 e. The van der Waals surface area contributed by atoms with Crippen LogP contribution in [-0.2, 0) is 0 Å². The molecule has 1 N–H and O–H groups in total. The molecule has 1 heteroatoms. The summed E-state index contributed by atoms with van der Waals surface area (Å²) >= 11 is 0. The molecular formula is C15H26O. The van der Waals surface area contributed by atoms with E-state index in [2.05, 4.69) is 27.7 Å². The molecule has 4 aliphatic rings. The monoisotopic (exact) mass is 222 g/mol. The highest BCUT2D eigenvalue weighted by Gasteiger charge is 2.69. The Bertz CT molecular complexity index is 321. The zero-order valence-corrected chi connectivity index (χ0v) is 11.2. The van der Waals surface area contributed by atoms with Crippen molar-refractivity contribution in [3.8, 4) is 0 Å². The minimum atomic E-state index is -0.391. The lowest BCUT2D eigenvalue weighted by molar-refractivity contribution is -0.291. The first-order valence-electron chi connectivity index (χ1n) is 7.05. The maximum atomic E-state index is 11.3. The third-order valence-electron chi connectivity index (χ3n) is 7.05. The van der Waals surface area contributed by atoms with E-state index in [1.165, 1.54) is 25.7 Å². The molecule has 1 nitrogen and oxygen atoms in total. The van der Waals surface area contributed by atoms with Gasteiger partial charge in [0.15, 0.2) is 0 Å². The van der Waals surface area contributed by atoms with Crippen molar-refractivity contribution in [2.45, 2.75) is 65.4 Å². The first kappa shape index (κ1) is 11.1. The van der Waals surface area contributed by atoms with Crippen molar-refractivity contribution in [2.24, 2.45) is 28.6 Å². The fraction of sp³-hybridized carbons (Fsp3) is 1.00. The summed E-state index contributed by atoms with van der Waals surface area (Å²) in [5.41, 5.74) is -0.0576. The van der Waals surface area contributed by atoms with E-state index in [4.69, 9.17) is 0 Å². The fourth-order valence-corrected chi connectivity index (χ4v) is 5.69. The van der Waals surface area contributed by atoms with Gasteiger partial charge in [-0.3, -0.25) is 0 Å². The summed E-state index contributed by atoms with van der Waals surface area (Å²) in [7, 11) is 0. The van der Waals surface area contributed by atoms with Gasteiger partial charge in [0.25, 0.3) is 0 Å². The zero-order chi connectivity index (χ0) is 11.8. The van der Waals surface area contributed by atoms with Crippen molar-refractivity contribution in [3.05, 3.63) is 0 Å². The molecule has 4 bridgehead atoms. The Morgan fingerprint density at radius 1 is 1.06 bits per heavy atom. The van der Waals surface area contributed by atoms with Gasteiger partial charge in [0.05, 0.1) is 5.60 Å². The molecule has 0 aromatic carbocycles. The lowest BCUT2D eigenvalue weighted by atomic mass is 9.35. The SMILES string of the molecule is CC1CC[C@@]2(O)C(C)(C)C3CC[C@@]2(C)C1C3. The lowest BCUT2D eigenvalue weighted by Gasteiger charge is -2.71. The van der Waals surface area contributed by atoms with Crippen LogP contribution in [0.1, 0.15) is 59.8 Å². The average Bonchev–Trinajstić information content (AvgIpc) is 2.22. The predicted molar refractivity (Wildman–Crippen MR) is 66.1 cm³/mol. The number of hydrogen-bond acceptors (Lipinski definition) is 1. The molecule has 4 saturated carbocycles. The summed E-state index contributed by atoms with van der Waals surface area (Å²) in [6, 6.07) is 0. The Morgan fingerprint density at radius 3 is 2.44 bits per heavy atom. The Balaban J connectivity index is 2.13. The van der Waals surface area contributed by atoms with Gasteiger partial charge < -0.3 is 5.11 Å². The van der Waals surface area contributed by atoms with Crippen molar-refractivity contribution in [1.29, 1.82) is 0 Å². The van der Waals surface area contributed by atoms with Gasteiger partial charge in [-0.15, -0.1) is 0 Å². The molecule has 4 rings (SSSR count). The van der Waals surface area contributed by atoms with E-state index in [-0.39, 0.29) is 10.8 Å². The molecule has 0 amide bonds. The van der Waals surface area contributed by atoms with E-state index in [0.717, 1.165) is 24.2 Å². The molecule has 0 spiro atoms. The second-order valence-corrected chi connectivity index (χ2v) is 7.59. The highest BCUT2D eigenvalue weighted by molar-refractivity contribution is 5.19. The van der Waals surface area contributed by atoms with E-state index in [1.807, 2.05) is 0 Å². The van der Waals surface area contributed by atoms with Crippen LogP contribution >= 0.6 is 0 Å². The first-order valence-corrected chi connectivity index (χ1v) is 7.05. The van der Waals surface area contributed by atoms with Gasteiger partial charge in [-0.05, 0) is 60.7 Å². The van der Waals surface area contributed by atoms with Crippen LogP contribution in [0.4, 0.5) is 0 Å². The molecular weight excluding hydrogens is 196 g/mol. The highest BCUT2D eigenvalue weighted by atomic mass is 16.3. The molecule has 0 aromatic rings. The van der Waals surface area contributed by atoms with Crippen molar-refractivity contribution in [1.82, 2.24) is 0 Å². The van der Waals surface area contributed by atoms with Crippen LogP contribution in [0, 0.1) is 28.6 Å². The molecule has 5 atom stereocenters. The Morgan fingerprint density at radius 2 is 1.75 bits per heavy atom. The van der Waals surface area contributed by atoms with E-state index in [0.29, 0.717) is 0 Å². The van der Waals surface area contributed by atoms with Gasteiger partial charge in [0, 0.05) is 0 Å². The van der Waals surface area contributed by atoms with Gasteiger partial charge in [-0.1, -0.05) is 27.7 Å². The van der Waals surface area contributed by atoms with Crippen LogP contribution in [0.25, 0.3) is 0 Å². The van der Waals surface area contributed by atoms with Crippen LogP contribution in [0.2, 0.25) is 0 Å². The molecule has 0 radical (unpaired) electrons. The molecule has 4 aliphatic carbocycles. The third kappa shape index (κ3) is 0.939. The first-order chi connectivity index (χ1) is 7.33. The maximum absolute atomic E-state index is 11.3. The maximum Gasteiger partial charge on any atom is 0.0757 e. The van der Waals surface area contributed by atoms with E-state index < -0.39 is 5.60 Å². The molecule has 4 fully saturated rings. The predicted octanol–water partition coefficient (Wildman–Crippen LogP) is 3.61. The van der Waals surface area contributed by atoms with Crippen molar-refractivity contribution >= 4 is 0 Å². The topological polar surface area (TPSA) is 20.2 Å². The van der Waals surface area contributed by atoms with Gasteiger partial charge in [0.1, 0.15) is 0 Å². The number of aliphatic hydroxyl groups is 1. The molecule has 0 aliphatic heterocycles. The minimum Gasteiger partial charge on any atom is -0.389 e. The second-order valence-electron chi connectivity index (χ2n) is 7.59. The Hall–Kier alpha value is -0.0400. The summed E-state index contributed by atoms with van der Waals surface area (Å²) in [5.74, 6) is 2.36. The molecule has 92 valence electrons. The van der Waals surface area contributed by atoms with E-state index in [1.54, 1.807) is 0 Å². The van der Waals surface area contributed by atoms with Crippen LogP contribution in [0.5, 0.6) is 0 Å². The normalized spacial score (nSPS) is 58.7. The number of hydrogen-bond donors (Lipinski definition) is 1. The number of rotatable bonds is 0. The van der Waals surface area contributed by atoms with Crippen LogP contribution in [0.3, 0.4) is 0 Å². The average molecular weight is 222 g/mol. The summed E-state index contributed by atoms with van der Waals surface area (Å²) in [6.07, 6.45) is 6.23. The smallest absolute Gasteiger partial charge is 0.0757 e. The van der Waals surface area contributed by atoms with Crippen LogP contribution in [0.15, 0.2) is 0 Å². The zero-order valence-electron chi connectivity index (χ0n) is 11.2. The van der Waals surface area contributed by atoms with E-state index in [9.17, 15) is 5.11 Å². The second kappa shape index (κ2) is 2.85. The van der Waals surface area contributed by atoms with Crippen molar-refractivity contribution < 1.29 is 5.11 Å². The summed E-state index contributed by atoms with van der Waals surface area (Å²) in [5, 5.41) is 11.3. The van der Waals surface area contributed by atoms with Crippen LogP contribution in [-0.4, -0.2) is 10.7 Å². The number of fused-ring (bicyclic) bond motifs is 1. The fourth-order valence-electron chi connectivity index (χ4n) is 5.69. The summed E-state index contributed by atoms with van der Waals surface area (Å²) < 4.78 is 0. The molecule has 3 unspecified atom stereocenters. The van der Waals surface area contributed by atoms with Gasteiger partial charge in [-0.2, -0.15) is 0 Å². The summed E-state index contributed by atoms with van der Waals surface area (Å²) in [4.78, 5) is 0. The standard InChI is InChI=1S/C15H26O/c1-10-5-8-15(16)13(2,3)11-6-7-14(15,4)12(10)9-11/h10-12,16H,5-9H2,1-4H3/t10?,11?,12?,14-,15+/m0/s1. The Kier molecular flexibility index (Phi) is 1.98. The molecule has 0 saturated heterocycles. The minimum absolute atomic E-state index is 0.136.